The molecule has 0 aliphatic heterocycles. The monoisotopic (exact) mass is 564 g/mol. The molecule has 8 nitrogen and oxygen atoms in total. The van der Waals surface area contributed by atoms with Crippen LogP contribution < -0.4 is 0 Å². The summed E-state index contributed by atoms with van der Waals surface area (Å²) in [5.74, 6) is -4.07. The molecule has 0 amide bonds. The van der Waals surface area contributed by atoms with Gasteiger partial charge in [-0.25, -0.2) is 19.2 Å². The maximum absolute atomic E-state index is 10.7. The molecule has 3 aromatic rings. The highest BCUT2D eigenvalue weighted by Crippen LogP contribution is 2.20. The maximum Gasteiger partial charge on any atom is 0.335 e. The van der Waals surface area contributed by atoms with Crippen molar-refractivity contribution in [3.63, 3.8) is 0 Å². The first-order chi connectivity index (χ1) is 19.6. The van der Waals surface area contributed by atoms with Gasteiger partial charge in [0.1, 0.15) is 0 Å². The second-order valence-electron chi connectivity index (χ2n) is 9.43. The number of rotatable bonds is 13. The molecule has 3 rings (SSSR count). The highest BCUT2D eigenvalue weighted by atomic mass is 16.4. The first-order valence-corrected chi connectivity index (χ1v) is 13.8. The summed E-state index contributed by atoms with van der Waals surface area (Å²) >= 11 is 0. The lowest BCUT2D eigenvalue weighted by Gasteiger charge is -2.03. The predicted molar refractivity (Wildman–Crippen MR) is 159 cm³/mol. The fraction of sp³-hybridized carbons (Fsp3) is 0.333. The summed E-state index contributed by atoms with van der Waals surface area (Å²) < 4.78 is 0. The minimum atomic E-state index is -1.06. The fourth-order valence-corrected chi connectivity index (χ4v) is 3.75. The van der Waals surface area contributed by atoms with Crippen LogP contribution in [0.4, 0.5) is 0 Å². The Morgan fingerprint density at radius 2 is 0.585 bits per heavy atom. The Labute approximate surface area is 241 Å². The molecule has 41 heavy (non-hydrogen) atoms. The van der Waals surface area contributed by atoms with E-state index in [0.717, 1.165) is 11.1 Å². The zero-order chi connectivity index (χ0) is 30.6. The molecule has 0 aliphatic rings. The first kappa shape index (κ1) is 34.6. The highest BCUT2D eigenvalue weighted by Gasteiger charge is 2.06. The second kappa shape index (κ2) is 19.6. The van der Waals surface area contributed by atoms with Crippen molar-refractivity contribution >= 4 is 23.9 Å². The number of hydrogen-bond donors (Lipinski definition) is 4. The average molecular weight is 565 g/mol. The van der Waals surface area contributed by atoms with E-state index in [0.29, 0.717) is 0 Å². The van der Waals surface area contributed by atoms with E-state index in [4.69, 9.17) is 20.4 Å². The molecular formula is C33H40O8. The van der Waals surface area contributed by atoms with Gasteiger partial charge < -0.3 is 20.4 Å². The van der Waals surface area contributed by atoms with E-state index >= 15 is 0 Å². The van der Waals surface area contributed by atoms with Crippen LogP contribution in [0.2, 0.25) is 0 Å². The quantitative estimate of drug-likeness (QED) is 0.151. The lowest BCUT2D eigenvalue weighted by Crippen LogP contribution is -1.99. The van der Waals surface area contributed by atoms with Gasteiger partial charge in [-0.3, -0.25) is 0 Å². The van der Waals surface area contributed by atoms with Gasteiger partial charge in [0.2, 0.25) is 0 Å². The summed E-state index contributed by atoms with van der Waals surface area (Å²) in [5, 5.41) is 34.5. The van der Waals surface area contributed by atoms with Gasteiger partial charge in [0.15, 0.2) is 0 Å². The molecule has 0 atom stereocenters. The minimum absolute atomic E-state index is 0.0833. The number of carboxylic acid groups (broad SMARTS) is 4. The number of aromatic carboxylic acids is 4. The van der Waals surface area contributed by atoms with E-state index in [9.17, 15) is 19.2 Å². The van der Waals surface area contributed by atoms with E-state index in [1.807, 2.05) is 0 Å². The van der Waals surface area contributed by atoms with Crippen LogP contribution in [0, 0.1) is 0 Å². The van der Waals surface area contributed by atoms with Gasteiger partial charge in [0.25, 0.3) is 0 Å². The lowest BCUT2D eigenvalue weighted by atomic mass is 10.0. The lowest BCUT2D eigenvalue weighted by molar-refractivity contribution is 0.0681. The van der Waals surface area contributed by atoms with Crippen molar-refractivity contribution < 1.29 is 39.6 Å². The SMILES string of the molecule is CCCCCCCCCCC.O=C(O)c1ccc(-c2ccc(C(=O)O)cc2)cc1.O=C(O)c1ccc(C(=O)O)cc1. The first-order valence-electron chi connectivity index (χ1n) is 13.8. The highest BCUT2D eigenvalue weighted by molar-refractivity contribution is 5.91. The van der Waals surface area contributed by atoms with E-state index in [1.54, 1.807) is 24.3 Å². The summed E-state index contributed by atoms with van der Waals surface area (Å²) in [6, 6.07) is 17.9. The van der Waals surface area contributed by atoms with Crippen molar-refractivity contribution in [2.75, 3.05) is 0 Å². The molecule has 0 saturated carbocycles. The van der Waals surface area contributed by atoms with E-state index in [2.05, 4.69) is 13.8 Å². The van der Waals surface area contributed by atoms with Crippen molar-refractivity contribution in [1.82, 2.24) is 0 Å². The molecule has 0 saturated heterocycles. The van der Waals surface area contributed by atoms with Crippen LogP contribution in [0.15, 0.2) is 72.8 Å². The van der Waals surface area contributed by atoms with Gasteiger partial charge >= 0.3 is 23.9 Å². The van der Waals surface area contributed by atoms with Crippen molar-refractivity contribution in [2.24, 2.45) is 0 Å². The fourth-order valence-electron chi connectivity index (χ4n) is 3.75. The molecule has 0 radical (unpaired) electrons. The number of hydrogen-bond acceptors (Lipinski definition) is 4. The second-order valence-corrected chi connectivity index (χ2v) is 9.43. The maximum atomic E-state index is 10.7. The van der Waals surface area contributed by atoms with Crippen LogP contribution in [0.5, 0.6) is 0 Å². The van der Waals surface area contributed by atoms with E-state index in [1.165, 1.54) is 106 Å². The minimum Gasteiger partial charge on any atom is -0.478 e. The standard InChI is InChI=1S/C14H10O4.C11H24.C8H6O4/c15-13(16)11-5-1-9(2-6-11)10-3-7-12(8-4-10)14(17)18;1-3-5-7-9-11-10-8-6-4-2;9-7(10)5-1-2-6(4-3-5)8(11)12/h1-8H,(H,15,16)(H,17,18);3-11H2,1-2H3;1-4H,(H,9,10)(H,11,12). The Morgan fingerprint density at radius 3 is 0.780 bits per heavy atom. The van der Waals surface area contributed by atoms with Gasteiger partial charge in [0, 0.05) is 0 Å². The molecule has 4 N–H and O–H groups in total. The molecule has 0 bridgehead atoms. The number of carboxylic acids is 4. The molecule has 0 fully saturated rings. The van der Waals surface area contributed by atoms with Gasteiger partial charge in [-0.2, -0.15) is 0 Å². The topological polar surface area (TPSA) is 149 Å². The predicted octanol–water partition coefficient (Wildman–Crippen LogP) is 8.37. The van der Waals surface area contributed by atoms with Crippen molar-refractivity contribution in [3.05, 3.63) is 95.1 Å². The molecule has 0 aliphatic carbocycles. The van der Waals surface area contributed by atoms with Crippen LogP contribution in [-0.4, -0.2) is 44.3 Å². The summed E-state index contributed by atoms with van der Waals surface area (Å²) in [5.41, 5.74) is 2.30. The Bertz CT molecular complexity index is 1120. The summed E-state index contributed by atoms with van der Waals surface area (Å²) in [7, 11) is 0. The Hall–Kier alpha value is -4.46. The summed E-state index contributed by atoms with van der Waals surface area (Å²) in [4.78, 5) is 42.1. The van der Waals surface area contributed by atoms with Crippen LogP contribution in [0.3, 0.4) is 0 Å². The van der Waals surface area contributed by atoms with Crippen LogP contribution >= 0.6 is 0 Å². The van der Waals surface area contributed by atoms with Gasteiger partial charge in [-0.05, 0) is 59.7 Å². The largest absolute Gasteiger partial charge is 0.478 e. The summed E-state index contributed by atoms with van der Waals surface area (Å²) in [6.07, 6.45) is 13.0. The molecule has 0 spiro atoms. The van der Waals surface area contributed by atoms with Gasteiger partial charge in [-0.1, -0.05) is 95.9 Å². The van der Waals surface area contributed by atoms with Crippen LogP contribution in [0.25, 0.3) is 11.1 Å². The molecule has 0 unspecified atom stereocenters. The van der Waals surface area contributed by atoms with Crippen LogP contribution in [-0.2, 0) is 0 Å². The third kappa shape index (κ3) is 13.9. The Balaban J connectivity index is 0.000000323. The zero-order valence-corrected chi connectivity index (χ0v) is 23.7. The molecule has 3 aromatic carbocycles. The number of carbonyl (C=O) groups is 4. The average Bonchev–Trinajstić information content (AvgIpc) is 2.97. The molecule has 0 heterocycles. The third-order valence-corrected chi connectivity index (χ3v) is 6.18. The molecule has 220 valence electrons. The van der Waals surface area contributed by atoms with E-state index < -0.39 is 23.9 Å². The molecule has 0 aromatic heterocycles. The number of benzene rings is 3. The smallest absolute Gasteiger partial charge is 0.335 e. The third-order valence-electron chi connectivity index (χ3n) is 6.18. The van der Waals surface area contributed by atoms with Gasteiger partial charge in [-0.15, -0.1) is 0 Å². The van der Waals surface area contributed by atoms with Crippen LogP contribution in [0.1, 0.15) is 113 Å². The van der Waals surface area contributed by atoms with E-state index in [-0.39, 0.29) is 22.3 Å². The van der Waals surface area contributed by atoms with Crippen molar-refractivity contribution in [3.8, 4) is 11.1 Å². The Morgan fingerprint density at radius 1 is 0.390 bits per heavy atom. The zero-order valence-electron chi connectivity index (χ0n) is 23.7. The van der Waals surface area contributed by atoms with Crippen molar-refractivity contribution in [1.29, 1.82) is 0 Å². The normalized spacial score (nSPS) is 9.90. The van der Waals surface area contributed by atoms with Crippen molar-refractivity contribution in [2.45, 2.75) is 71.6 Å². The summed E-state index contributed by atoms with van der Waals surface area (Å²) in [6.45, 7) is 4.55. The number of unbranched alkanes of at least 4 members (excludes halogenated alkanes) is 8. The Kier molecular flexibility index (Phi) is 16.5. The molecular weight excluding hydrogens is 524 g/mol. The molecule has 8 heteroatoms. The van der Waals surface area contributed by atoms with Gasteiger partial charge in [0.05, 0.1) is 22.3 Å².